The number of benzene rings is 1. The minimum atomic E-state index is 0.340. The lowest BCUT2D eigenvalue weighted by molar-refractivity contribution is 0.316. The Morgan fingerprint density at radius 2 is 2.13 bits per heavy atom. The highest BCUT2D eigenvalue weighted by Gasteiger charge is 2.25. The maximum atomic E-state index is 9.00. The number of oxime groups is 1. The number of hydrogen-bond donors (Lipinski definition) is 1. The summed E-state index contributed by atoms with van der Waals surface area (Å²) in [5.41, 5.74) is 4.59. The van der Waals surface area contributed by atoms with Crippen LogP contribution in [0.5, 0.6) is 0 Å². The zero-order chi connectivity index (χ0) is 11.0. The predicted octanol–water partition coefficient (Wildman–Crippen LogP) is 3.18. The van der Waals surface area contributed by atoms with Crippen LogP contribution >= 0.6 is 0 Å². The van der Waals surface area contributed by atoms with Crippen LogP contribution in [-0.2, 0) is 6.42 Å². The number of nitrogens with zero attached hydrogens (tertiary/aromatic N) is 1. The van der Waals surface area contributed by atoms with Crippen molar-refractivity contribution in [3.8, 4) is 0 Å². The van der Waals surface area contributed by atoms with E-state index in [9.17, 15) is 0 Å². The fraction of sp³-hybridized carbons (Fsp3) is 0.462. The molecule has 1 aliphatic carbocycles. The van der Waals surface area contributed by atoms with Gasteiger partial charge in [0.1, 0.15) is 0 Å². The Bertz CT molecular complexity index is 407. The smallest absolute Gasteiger partial charge is 0.0902 e. The van der Waals surface area contributed by atoms with Gasteiger partial charge in [-0.05, 0) is 29.5 Å². The molecule has 2 rings (SSSR count). The summed E-state index contributed by atoms with van der Waals surface area (Å²) < 4.78 is 0. The monoisotopic (exact) mass is 203 g/mol. The normalized spacial score (nSPS) is 22.4. The molecule has 1 N–H and O–H groups in total. The summed E-state index contributed by atoms with van der Waals surface area (Å²) in [7, 11) is 0. The number of fused-ring (bicyclic) bond motifs is 1. The van der Waals surface area contributed by atoms with Crippen LogP contribution in [0.4, 0.5) is 0 Å². The Labute approximate surface area is 90.6 Å². The molecule has 0 saturated heterocycles. The van der Waals surface area contributed by atoms with Crippen molar-refractivity contribution in [2.24, 2.45) is 11.1 Å². The van der Waals surface area contributed by atoms with Crippen LogP contribution in [0, 0.1) is 5.92 Å². The van der Waals surface area contributed by atoms with E-state index in [0.717, 1.165) is 17.7 Å². The Hall–Kier alpha value is -1.31. The first-order valence-corrected chi connectivity index (χ1v) is 5.48. The fourth-order valence-corrected chi connectivity index (χ4v) is 2.21. The SMILES string of the molecule is CC1Cc2ccc(C(C)C)cc2/C1=N/O. The van der Waals surface area contributed by atoms with Gasteiger partial charge in [0.2, 0.25) is 0 Å². The zero-order valence-electron chi connectivity index (χ0n) is 9.49. The molecule has 2 nitrogen and oxygen atoms in total. The van der Waals surface area contributed by atoms with Crippen LogP contribution in [0.25, 0.3) is 0 Å². The van der Waals surface area contributed by atoms with E-state index < -0.39 is 0 Å². The number of hydrogen-bond acceptors (Lipinski definition) is 2. The van der Waals surface area contributed by atoms with Gasteiger partial charge in [-0.25, -0.2) is 0 Å². The molecule has 1 aliphatic rings. The number of rotatable bonds is 1. The second-order valence-corrected chi connectivity index (χ2v) is 4.66. The third kappa shape index (κ3) is 1.65. The molecule has 0 aromatic heterocycles. The highest BCUT2D eigenvalue weighted by Crippen LogP contribution is 2.29. The molecule has 0 amide bonds. The van der Waals surface area contributed by atoms with Gasteiger partial charge in [-0.1, -0.05) is 38.1 Å². The summed E-state index contributed by atoms with van der Waals surface area (Å²) in [6.45, 7) is 6.45. The average molecular weight is 203 g/mol. The molecule has 0 bridgehead atoms. The van der Waals surface area contributed by atoms with E-state index in [2.05, 4.69) is 44.1 Å². The minimum Gasteiger partial charge on any atom is -0.411 e. The molecule has 1 aromatic carbocycles. The molecule has 0 fully saturated rings. The molecule has 2 heteroatoms. The Morgan fingerprint density at radius 3 is 2.73 bits per heavy atom. The summed E-state index contributed by atoms with van der Waals surface area (Å²) >= 11 is 0. The topological polar surface area (TPSA) is 32.6 Å². The molecule has 1 atom stereocenters. The third-order valence-electron chi connectivity index (χ3n) is 3.18. The lowest BCUT2D eigenvalue weighted by Gasteiger charge is -2.07. The van der Waals surface area contributed by atoms with Crippen LogP contribution in [0.15, 0.2) is 23.4 Å². The van der Waals surface area contributed by atoms with Crippen molar-refractivity contribution in [1.82, 2.24) is 0 Å². The van der Waals surface area contributed by atoms with Gasteiger partial charge in [0.25, 0.3) is 0 Å². The van der Waals surface area contributed by atoms with Gasteiger partial charge in [0.15, 0.2) is 0 Å². The van der Waals surface area contributed by atoms with Crippen molar-refractivity contribution in [3.63, 3.8) is 0 Å². The van der Waals surface area contributed by atoms with Crippen molar-refractivity contribution in [2.45, 2.75) is 33.1 Å². The first kappa shape index (κ1) is 10.2. The largest absolute Gasteiger partial charge is 0.411 e. The fourth-order valence-electron chi connectivity index (χ4n) is 2.21. The van der Waals surface area contributed by atoms with Gasteiger partial charge in [-0.15, -0.1) is 0 Å². The van der Waals surface area contributed by atoms with E-state index in [-0.39, 0.29) is 0 Å². The minimum absolute atomic E-state index is 0.340. The molecule has 0 heterocycles. The average Bonchev–Trinajstić information content (AvgIpc) is 2.51. The lowest BCUT2D eigenvalue weighted by Crippen LogP contribution is -2.05. The molecule has 0 aliphatic heterocycles. The van der Waals surface area contributed by atoms with Gasteiger partial charge in [0.05, 0.1) is 5.71 Å². The van der Waals surface area contributed by atoms with Crippen molar-refractivity contribution in [2.75, 3.05) is 0 Å². The molecule has 0 spiro atoms. The zero-order valence-corrected chi connectivity index (χ0v) is 9.49. The van der Waals surface area contributed by atoms with Crippen LogP contribution in [-0.4, -0.2) is 10.9 Å². The van der Waals surface area contributed by atoms with E-state index in [1.165, 1.54) is 11.1 Å². The van der Waals surface area contributed by atoms with Gasteiger partial charge >= 0.3 is 0 Å². The first-order valence-electron chi connectivity index (χ1n) is 5.48. The Balaban J connectivity index is 2.49. The van der Waals surface area contributed by atoms with E-state index in [1.54, 1.807) is 0 Å². The van der Waals surface area contributed by atoms with E-state index in [1.807, 2.05) is 0 Å². The van der Waals surface area contributed by atoms with Gasteiger partial charge in [-0.3, -0.25) is 0 Å². The maximum Gasteiger partial charge on any atom is 0.0902 e. The molecule has 0 saturated carbocycles. The van der Waals surface area contributed by atoms with E-state index in [4.69, 9.17) is 5.21 Å². The van der Waals surface area contributed by atoms with Gasteiger partial charge in [-0.2, -0.15) is 0 Å². The third-order valence-corrected chi connectivity index (χ3v) is 3.18. The summed E-state index contributed by atoms with van der Waals surface area (Å²) in [6.07, 6.45) is 0.993. The molecular formula is C13H17NO. The van der Waals surface area contributed by atoms with Crippen molar-refractivity contribution in [1.29, 1.82) is 0 Å². The molecule has 1 aromatic rings. The van der Waals surface area contributed by atoms with E-state index >= 15 is 0 Å². The molecule has 80 valence electrons. The second kappa shape index (κ2) is 3.69. The summed E-state index contributed by atoms with van der Waals surface area (Å²) in [6, 6.07) is 6.51. The molecular weight excluding hydrogens is 186 g/mol. The van der Waals surface area contributed by atoms with Crippen LogP contribution in [0.2, 0.25) is 0 Å². The highest BCUT2D eigenvalue weighted by molar-refractivity contribution is 6.05. The Morgan fingerprint density at radius 1 is 1.40 bits per heavy atom. The molecule has 15 heavy (non-hydrogen) atoms. The van der Waals surface area contributed by atoms with Crippen molar-refractivity contribution in [3.05, 3.63) is 34.9 Å². The van der Waals surface area contributed by atoms with Crippen molar-refractivity contribution < 1.29 is 5.21 Å². The first-order chi connectivity index (χ1) is 7.13. The van der Waals surface area contributed by atoms with Crippen molar-refractivity contribution >= 4 is 5.71 Å². The molecule has 0 radical (unpaired) electrons. The highest BCUT2D eigenvalue weighted by atomic mass is 16.4. The summed E-state index contributed by atoms with van der Waals surface area (Å²) in [4.78, 5) is 0. The quantitative estimate of drug-likeness (QED) is 0.552. The maximum absolute atomic E-state index is 9.00. The van der Waals surface area contributed by atoms with Gasteiger partial charge < -0.3 is 5.21 Å². The second-order valence-electron chi connectivity index (χ2n) is 4.66. The van der Waals surface area contributed by atoms with Crippen LogP contribution < -0.4 is 0 Å². The standard InChI is InChI=1S/C13H17NO/c1-8(2)10-4-5-11-6-9(3)13(14-15)12(11)7-10/h4-5,7-9,15H,6H2,1-3H3/b14-13+. The van der Waals surface area contributed by atoms with Crippen LogP contribution in [0.3, 0.4) is 0 Å². The summed E-state index contributed by atoms with van der Waals surface area (Å²) in [5.74, 6) is 0.860. The lowest BCUT2D eigenvalue weighted by atomic mass is 9.98. The Kier molecular flexibility index (Phi) is 2.51. The van der Waals surface area contributed by atoms with Gasteiger partial charge in [0, 0.05) is 11.5 Å². The predicted molar refractivity (Wildman–Crippen MR) is 61.7 cm³/mol. The van der Waals surface area contributed by atoms with Crippen LogP contribution in [0.1, 0.15) is 43.4 Å². The molecule has 1 unspecified atom stereocenters. The summed E-state index contributed by atoms with van der Waals surface area (Å²) in [5, 5.41) is 12.4. The van der Waals surface area contributed by atoms with E-state index in [0.29, 0.717) is 11.8 Å².